The van der Waals surface area contributed by atoms with Gasteiger partial charge in [-0.25, -0.2) is 8.42 Å². The third kappa shape index (κ3) is 9.23. The number of piperidine rings is 1. The average molecular weight is 778 g/mol. The van der Waals surface area contributed by atoms with Gasteiger partial charge in [0.15, 0.2) is 0 Å². The van der Waals surface area contributed by atoms with E-state index in [1.807, 2.05) is 55.5 Å². The second-order valence-corrected chi connectivity index (χ2v) is 24.0. The number of hydrogen-bond acceptors (Lipinski definition) is 7. The van der Waals surface area contributed by atoms with E-state index in [-0.39, 0.29) is 37.1 Å². The van der Waals surface area contributed by atoms with E-state index >= 15 is 0 Å². The molecule has 0 aliphatic carbocycles. The number of rotatable bonds is 16. The maximum atomic E-state index is 14.5. The molecule has 2 aliphatic heterocycles. The first kappa shape index (κ1) is 42.3. The molecule has 2 heterocycles. The van der Waals surface area contributed by atoms with Crippen LogP contribution in [0.1, 0.15) is 102 Å². The van der Waals surface area contributed by atoms with Gasteiger partial charge in [0.25, 0.3) is 0 Å². The van der Waals surface area contributed by atoms with Crippen molar-refractivity contribution < 1.29 is 32.2 Å². The van der Waals surface area contributed by atoms with Gasteiger partial charge in [0.1, 0.15) is 11.4 Å². The summed E-state index contributed by atoms with van der Waals surface area (Å²) in [5.74, 6) is 0.593. The third-order valence-corrected chi connectivity index (χ3v) is 19.4. The van der Waals surface area contributed by atoms with E-state index in [2.05, 4.69) is 67.5 Å². The first-order valence-corrected chi connectivity index (χ1v) is 23.2. The van der Waals surface area contributed by atoms with Gasteiger partial charge in [0, 0.05) is 38.3 Å². The Morgan fingerprint density at radius 3 is 2.09 bits per heavy atom. The fourth-order valence-electron chi connectivity index (χ4n) is 8.84. The van der Waals surface area contributed by atoms with E-state index < -0.39 is 36.1 Å². The summed E-state index contributed by atoms with van der Waals surface area (Å²) in [5.41, 5.74) is 6.56. The molecule has 5 rings (SSSR count). The first-order valence-electron chi connectivity index (χ1n) is 19.6. The second-order valence-electron chi connectivity index (χ2n) is 16.7. The third-order valence-electron chi connectivity index (χ3n) is 11.4. The van der Waals surface area contributed by atoms with Crippen LogP contribution in [0.15, 0.2) is 77.7 Å². The number of fused-ring (bicyclic) bond motifs is 1. The Hall–Kier alpha value is -2.83. The van der Waals surface area contributed by atoms with Gasteiger partial charge in [0.05, 0.1) is 30.3 Å². The van der Waals surface area contributed by atoms with Crippen LogP contribution in [0.3, 0.4) is 0 Å². The molecule has 296 valence electrons. The summed E-state index contributed by atoms with van der Waals surface area (Å²) in [6.07, 6.45) is 2.98. The summed E-state index contributed by atoms with van der Waals surface area (Å²) >= 11 is 0. The minimum atomic E-state index is -3.88. The number of allylic oxidation sites excluding steroid dienone is 1. The molecule has 3 atom stereocenters. The molecule has 0 amide bonds. The first-order chi connectivity index (χ1) is 25.5. The maximum Gasteiger partial charge on any atom is 0.243 e. The zero-order valence-electron chi connectivity index (χ0n) is 34.1. The monoisotopic (exact) mass is 777 g/mol. The number of hydrogen-bond donors (Lipinski definition) is 1. The minimum absolute atomic E-state index is 0.0570. The molecule has 0 bridgehead atoms. The van der Waals surface area contributed by atoms with E-state index in [4.69, 9.17) is 18.6 Å². The van der Waals surface area contributed by atoms with E-state index in [1.165, 1.54) is 5.57 Å². The molecule has 0 unspecified atom stereocenters. The number of methoxy groups -OCH3 is 1. The van der Waals surface area contributed by atoms with Gasteiger partial charge in [-0.15, -0.1) is 0 Å². The Morgan fingerprint density at radius 2 is 1.50 bits per heavy atom. The molecule has 10 heteroatoms. The summed E-state index contributed by atoms with van der Waals surface area (Å²) in [5, 5.41) is 9.89. The normalized spacial score (nSPS) is 20.6. The van der Waals surface area contributed by atoms with Gasteiger partial charge in [-0.1, -0.05) is 89.6 Å². The van der Waals surface area contributed by atoms with Gasteiger partial charge in [-0.3, -0.25) is 0 Å². The van der Waals surface area contributed by atoms with Crippen LogP contribution in [0.5, 0.6) is 5.75 Å². The topological polar surface area (TPSA) is 94.5 Å². The van der Waals surface area contributed by atoms with Crippen LogP contribution in [0.2, 0.25) is 16.6 Å². The van der Waals surface area contributed by atoms with Crippen molar-refractivity contribution in [2.45, 2.75) is 134 Å². The standard InChI is InChI=1S/C44H63NO7SSi/c1-30(2)54(31(3)4,32(5)6)52-42-27-45(53(47,48)38-20-13-33(7)14-21-38)26-41(43(42)36-18-15-34(28-46)16-19-36)50-29-35-17-22-40-39(24-35)37(12-11-23-49-10)25-44(8,9)51-40/h13-22,24-25,30-32,41-43,46H,11-12,23,26-29H2,1-10H3/t41-,42+,43+/m0/s1. The molecule has 1 N–H and O–H groups in total. The molecular weight excluding hydrogens is 715 g/mol. The number of benzene rings is 3. The lowest BCUT2D eigenvalue weighted by Crippen LogP contribution is -2.59. The van der Waals surface area contributed by atoms with Crippen molar-refractivity contribution in [1.82, 2.24) is 4.31 Å². The minimum Gasteiger partial charge on any atom is -0.483 e. The van der Waals surface area contributed by atoms with Crippen molar-refractivity contribution in [2.75, 3.05) is 26.8 Å². The van der Waals surface area contributed by atoms with Crippen LogP contribution in [0.25, 0.3) is 5.57 Å². The number of aliphatic hydroxyl groups is 1. The summed E-state index contributed by atoms with van der Waals surface area (Å²) in [6.45, 7) is 20.9. The largest absolute Gasteiger partial charge is 0.483 e. The Labute approximate surface area is 326 Å². The number of sulfonamides is 1. The van der Waals surface area contributed by atoms with E-state index in [0.29, 0.717) is 23.2 Å². The molecule has 0 saturated carbocycles. The molecule has 2 aliphatic rings. The Kier molecular flexibility index (Phi) is 13.7. The zero-order chi connectivity index (χ0) is 39.4. The molecule has 8 nitrogen and oxygen atoms in total. The fourth-order valence-corrected chi connectivity index (χ4v) is 15.9. The Balaban J connectivity index is 1.58. The fraction of sp³-hybridized carbons (Fsp3) is 0.545. The molecule has 1 fully saturated rings. The molecular formula is C44H63NO7SSi. The summed E-state index contributed by atoms with van der Waals surface area (Å²) < 4.78 is 56.8. The number of nitrogens with zero attached hydrogens (tertiary/aromatic N) is 1. The second kappa shape index (κ2) is 17.5. The highest BCUT2D eigenvalue weighted by Gasteiger charge is 2.51. The molecule has 3 aromatic carbocycles. The van der Waals surface area contributed by atoms with Crippen molar-refractivity contribution in [3.63, 3.8) is 0 Å². The van der Waals surface area contributed by atoms with Gasteiger partial charge < -0.3 is 23.7 Å². The Bertz CT molecular complexity index is 1820. The van der Waals surface area contributed by atoms with Crippen molar-refractivity contribution in [1.29, 1.82) is 0 Å². The highest BCUT2D eigenvalue weighted by molar-refractivity contribution is 7.89. The summed E-state index contributed by atoms with van der Waals surface area (Å²) in [7, 11) is -4.65. The quantitative estimate of drug-likeness (QED) is 0.114. The highest BCUT2D eigenvalue weighted by atomic mass is 32.2. The van der Waals surface area contributed by atoms with Crippen LogP contribution in [-0.4, -0.2) is 70.8 Å². The van der Waals surface area contributed by atoms with Gasteiger partial charge >= 0.3 is 0 Å². The molecule has 54 heavy (non-hydrogen) atoms. The summed E-state index contributed by atoms with van der Waals surface area (Å²) in [6, 6.07) is 21.3. The number of aryl methyl sites for hydroxylation is 1. The molecule has 1 saturated heterocycles. The van der Waals surface area contributed by atoms with Crippen molar-refractivity contribution in [3.05, 3.63) is 101 Å². The molecule has 0 radical (unpaired) electrons. The average Bonchev–Trinajstić information content (AvgIpc) is 3.12. The predicted molar refractivity (Wildman–Crippen MR) is 220 cm³/mol. The lowest BCUT2D eigenvalue weighted by Gasteiger charge is -2.50. The van der Waals surface area contributed by atoms with Crippen LogP contribution in [0.4, 0.5) is 0 Å². The summed E-state index contributed by atoms with van der Waals surface area (Å²) in [4.78, 5) is 0.266. The predicted octanol–water partition coefficient (Wildman–Crippen LogP) is 9.40. The van der Waals surface area contributed by atoms with Crippen molar-refractivity contribution in [3.8, 4) is 5.75 Å². The van der Waals surface area contributed by atoms with Crippen LogP contribution >= 0.6 is 0 Å². The van der Waals surface area contributed by atoms with Crippen LogP contribution < -0.4 is 4.74 Å². The van der Waals surface area contributed by atoms with Crippen LogP contribution in [0, 0.1) is 6.92 Å². The van der Waals surface area contributed by atoms with E-state index in [1.54, 1.807) is 23.5 Å². The van der Waals surface area contributed by atoms with Crippen molar-refractivity contribution >= 4 is 23.9 Å². The van der Waals surface area contributed by atoms with Gasteiger partial charge in [-0.2, -0.15) is 4.31 Å². The lowest BCUT2D eigenvalue weighted by atomic mass is 9.85. The Morgan fingerprint density at radius 1 is 0.889 bits per heavy atom. The van der Waals surface area contributed by atoms with Crippen molar-refractivity contribution in [2.24, 2.45) is 0 Å². The molecule has 0 aromatic heterocycles. The SMILES string of the molecule is COCCCC1=CC(C)(C)Oc2ccc(CO[C@H]3CN(S(=O)(=O)c4ccc(C)cc4)C[C@@H](O[Si](C(C)C)(C(C)C)C(C)C)[C@@H]3c3ccc(CO)cc3)cc21. The lowest BCUT2D eigenvalue weighted by molar-refractivity contribution is -0.0505. The smallest absolute Gasteiger partial charge is 0.243 e. The number of aliphatic hydroxyl groups excluding tert-OH is 1. The zero-order valence-corrected chi connectivity index (χ0v) is 35.9. The van der Waals surface area contributed by atoms with Gasteiger partial charge in [0.2, 0.25) is 18.3 Å². The van der Waals surface area contributed by atoms with Crippen LogP contribution in [-0.2, 0) is 37.1 Å². The number of ether oxygens (including phenoxy) is 3. The van der Waals surface area contributed by atoms with E-state index in [9.17, 15) is 13.5 Å². The van der Waals surface area contributed by atoms with Gasteiger partial charge in [-0.05, 0) is 103 Å². The highest BCUT2D eigenvalue weighted by Crippen LogP contribution is 2.47. The molecule has 0 spiro atoms. The molecule has 3 aromatic rings. The maximum absolute atomic E-state index is 14.5. The van der Waals surface area contributed by atoms with E-state index in [0.717, 1.165) is 46.4 Å².